The van der Waals surface area contributed by atoms with Gasteiger partial charge < -0.3 is 5.11 Å². The third-order valence-corrected chi connectivity index (χ3v) is 3.11. The molecule has 0 amide bonds. The number of benzene rings is 1. The molecule has 0 unspecified atom stereocenters. The third-order valence-electron chi connectivity index (χ3n) is 1.43. The van der Waals surface area contributed by atoms with E-state index in [1.165, 1.54) is 0 Å². The van der Waals surface area contributed by atoms with Crippen LogP contribution in [-0.4, -0.2) is 5.11 Å². The van der Waals surface area contributed by atoms with Crippen LogP contribution >= 0.6 is 43.5 Å². The van der Waals surface area contributed by atoms with E-state index in [1.54, 1.807) is 0 Å². The van der Waals surface area contributed by atoms with E-state index in [9.17, 15) is 18.3 Å². The molecule has 0 heterocycles. The molecule has 0 aliphatic rings. The first-order chi connectivity index (χ1) is 6.25. The Kier molecular flexibility index (Phi) is 3.38. The Labute approximate surface area is 99.1 Å². The number of rotatable bonds is 0. The molecule has 0 saturated carbocycles. The van der Waals surface area contributed by atoms with Crippen LogP contribution < -0.4 is 0 Å². The predicted molar refractivity (Wildman–Crippen MR) is 53.5 cm³/mol. The van der Waals surface area contributed by atoms with Gasteiger partial charge in [0.1, 0.15) is 5.75 Å². The van der Waals surface area contributed by atoms with Gasteiger partial charge in [-0.3, -0.25) is 0 Å². The summed E-state index contributed by atoms with van der Waals surface area (Å²) in [6.07, 6.45) is -4.56. The summed E-state index contributed by atoms with van der Waals surface area (Å²) in [5.41, 5.74) is -0.987. The molecule has 1 nitrogen and oxygen atoms in total. The van der Waals surface area contributed by atoms with Crippen molar-refractivity contribution in [2.75, 3.05) is 0 Å². The molecule has 0 fully saturated rings. The Morgan fingerprint density at radius 1 is 1.29 bits per heavy atom. The molecular formula is C7H2Br2ClF3O. The molecular weight excluding hydrogens is 352 g/mol. The van der Waals surface area contributed by atoms with Crippen molar-refractivity contribution in [2.45, 2.75) is 6.18 Å². The molecule has 0 aliphatic heterocycles. The largest absolute Gasteiger partial charge is 0.505 e. The fourth-order valence-corrected chi connectivity index (χ4v) is 2.86. The molecule has 0 radical (unpaired) electrons. The third kappa shape index (κ3) is 2.17. The standard InChI is InChI=1S/C7H2Br2ClF3O/c8-2-1-3(10)6(14)5(9)4(2)7(11,12)13/h1,14H. The maximum Gasteiger partial charge on any atom is 0.418 e. The highest BCUT2D eigenvalue weighted by atomic mass is 79.9. The van der Waals surface area contributed by atoms with Gasteiger partial charge in [0, 0.05) is 4.47 Å². The van der Waals surface area contributed by atoms with Gasteiger partial charge >= 0.3 is 6.18 Å². The van der Waals surface area contributed by atoms with Gasteiger partial charge in [0.05, 0.1) is 15.1 Å². The van der Waals surface area contributed by atoms with Gasteiger partial charge in [-0.2, -0.15) is 13.2 Å². The minimum Gasteiger partial charge on any atom is -0.505 e. The van der Waals surface area contributed by atoms with Gasteiger partial charge in [-0.25, -0.2) is 0 Å². The molecule has 0 spiro atoms. The second kappa shape index (κ2) is 3.90. The molecule has 0 aliphatic carbocycles. The van der Waals surface area contributed by atoms with Gasteiger partial charge in [-0.1, -0.05) is 27.5 Å². The highest BCUT2D eigenvalue weighted by Gasteiger charge is 2.37. The van der Waals surface area contributed by atoms with Crippen LogP contribution in [0.15, 0.2) is 15.0 Å². The molecule has 1 aromatic rings. The zero-order valence-electron chi connectivity index (χ0n) is 6.29. The van der Waals surface area contributed by atoms with E-state index in [0.29, 0.717) is 0 Å². The summed E-state index contributed by atoms with van der Waals surface area (Å²) < 4.78 is 36.5. The van der Waals surface area contributed by atoms with E-state index in [4.69, 9.17) is 11.6 Å². The summed E-state index contributed by atoms with van der Waals surface area (Å²) >= 11 is 10.8. The SMILES string of the molecule is Oc1c(Cl)cc(Br)c(C(F)(F)F)c1Br. The van der Waals surface area contributed by atoms with E-state index in [-0.39, 0.29) is 9.50 Å². The Bertz CT molecular complexity index is 378. The molecule has 0 bridgehead atoms. The minimum atomic E-state index is -4.56. The summed E-state index contributed by atoms with van der Waals surface area (Å²) in [4.78, 5) is 0. The number of hydrogen-bond acceptors (Lipinski definition) is 1. The Morgan fingerprint density at radius 3 is 2.21 bits per heavy atom. The number of phenols is 1. The molecule has 78 valence electrons. The van der Waals surface area contributed by atoms with Crippen LogP contribution in [0.2, 0.25) is 5.02 Å². The van der Waals surface area contributed by atoms with Crippen LogP contribution in [0.1, 0.15) is 5.56 Å². The first-order valence-corrected chi connectivity index (χ1v) is 5.15. The van der Waals surface area contributed by atoms with E-state index in [0.717, 1.165) is 6.07 Å². The van der Waals surface area contributed by atoms with Crippen LogP contribution in [0.3, 0.4) is 0 Å². The highest BCUT2D eigenvalue weighted by molar-refractivity contribution is 9.11. The van der Waals surface area contributed by atoms with Crippen molar-refractivity contribution in [3.8, 4) is 5.75 Å². The molecule has 14 heavy (non-hydrogen) atoms. The Morgan fingerprint density at radius 2 is 1.79 bits per heavy atom. The van der Waals surface area contributed by atoms with Crippen molar-refractivity contribution in [2.24, 2.45) is 0 Å². The normalized spacial score (nSPS) is 11.9. The smallest absolute Gasteiger partial charge is 0.418 e. The van der Waals surface area contributed by atoms with Gasteiger partial charge in [0.25, 0.3) is 0 Å². The number of halogens is 6. The number of aromatic hydroxyl groups is 1. The van der Waals surface area contributed by atoms with E-state index in [1.807, 2.05) is 0 Å². The lowest BCUT2D eigenvalue weighted by molar-refractivity contribution is -0.138. The summed E-state index contributed by atoms with van der Waals surface area (Å²) in [7, 11) is 0. The minimum absolute atomic E-state index is 0.156. The van der Waals surface area contributed by atoms with Crippen LogP contribution in [0.4, 0.5) is 13.2 Å². The topological polar surface area (TPSA) is 20.2 Å². The Balaban J connectivity index is 3.53. The van der Waals surface area contributed by atoms with E-state index >= 15 is 0 Å². The zero-order chi connectivity index (χ0) is 11.1. The van der Waals surface area contributed by atoms with Gasteiger partial charge in [-0.15, -0.1) is 0 Å². The fraction of sp³-hybridized carbons (Fsp3) is 0.143. The molecule has 0 aromatic heterocycles. The molecule has 1 aromatic carbocycles. The van der Waals surface area contributed by atoms with Crippen molar-refractivity contribution >= 4 is 43.5 Å². The van der Waals surface area contributed by atoms with Gasteiger partial charge in [0.15, 0.2) is 0 Å². The van der Waals surface area contributed by atoms with E-state index in [2.05, 4.69) is 31.9 Å². The summed E-state index contributed by atoms with van der Waals surface area (Å²) in [5, 5.41) is 9.02. The fourth-order valence-electron chi connectivity index (χ4n) is 0.840. The van der Waals surface area contributed by atoms with Crippen molar-refractivity contribution < 1.29 is 18.3 Å². The maximum atomic E-state index is 12.4. The summed E-state index contributed by atoms with van der Waals surface area (Å²) in [6.45, 7) is 0. The maximum absolute atomic E-state index is 12.4. The monoisotopic (exact) mass is 352 g/mol. The van der Waals surface area contributed by atoms with Crippen LogP contribution in [-0.2, 0) is 6.18 Å². The van der Waals surface area contributed by atoms with Crippen LogP contribution in [0.5, 0.6) is 5.75 Å². The lowest BCUT2D eigenvalue weighted by Crippen LogP contribution is -2.07. The second-order valence-corrected chi connectivity index (χ2v) is 4.43. The molecule has 7 heteroatoms. The van der Waals surface area contributed by atoms with Crippen LogP contribution in [0.25, 0.3) is 0 Å². The van der Waals surface area contributed by atoms with Crippen molar-refractivity contribution in [1.29, 1.82) is 0 Å². The summed E-state index contributed by atoms with van der Waals surface area (Å²) in [6, 6.07) is 0.991. The average Bonchev–Trinajstić information content (AvgIpc) is 1.97. The molecule has 1 N–H and O–H groups in total. The zero-order valence-corrected chi connectivity index (χ0v) is 10.2. The van der Waals surface area contributed by atoms with Gasteiger partial charge in [0.2, 0.25) is 0 Å². The molecule has 0 atom stereocenters. The quantitative estimate of drug-likeness (QED) is 0.723. The summed E-state index contributed by atoms with van der Waals surface area (Å²) in [5.74, 6) is -0.623. The average molecular weight is 354 g/mol. The van der Waals surface area contributed by atoms with E-state index < -0.39 is 22.0 Å². The first kappa shape index (κ1) is 12.1. The second-order valence-electron chi connectivity index (χ2n) is 2.38. The number of alkyl halides is 3. The molecule has 0 saturated heterocycles. The Hall–Kier alpha value is 0.0600. The van der Waals surface area contributed by atoms with Crippen molar-refractivity contribution in [3.05, 3.63) is 25.6 Å². The van der Waals surface area contributed by atoms with Crippen LogP contribution in [0, 0.1) is 0 Å². The number of phenolic OH excluding ortho intramolecular Hbond substituents is 1. The first-order valence-electron chi connectivity index (χ1n) is 3.18. The lowest BCUT2D eigenvalue weighted by atomic mass is 10.2. The van der Waals surface area contributed by atoms with Gasteiger partial charge in [-0.05, 0) is 22.0 Å². The lowest BCUT2D eigenvalue weighted by Gasteiger charge is -2.13. The predicted octanol–water partition coefficient (Wildman–Crippen LogP) is 4.59. The molecule has 1 rings (SSSR count). The van der Waals surface area contributed by atoms with Crippen molar-refractivity contribution in [3.63, 3.8) is 0 Å². The number of hydrogen-bond donors (Lipinski definition) is 1. The highest BCUT2D eigenvalue weighted by Crippen LogP contribution is 2.46. The van der Waals surface area contributed by atoms with Crippen molar-refractivity contribution in [1.82, 2.24) is 0 Å².